The van der Waals surface area contributed by atoms with Crippen LogP contribution in [-0.4, -0.2) is 33.0 Å². The number of benzene rings is 2. The van der Waals surface area contributed by atoms with E-state index >= 15 is 0 Å². The highest BCUT2D eigenvalue weighted by Gasteiger charge is 2.24. The summed E-state index contributed by atoms with van der Waals surface area (Å²) in [7, 11) is 0. The van der Waals surface area contributed by atoms with Gasteiger partial charge in [0, 0.05) is 5.56 Å². The molecule has 2 aromatic carbocycles. The molecule has 25 heavy (non-hydrogen) atoms. The lowest BCUT2D eigenvalue weighted by Crippen LogP contribution is -3.13. The summed E-state index contributed by atoms with van der Waals surface area (Å²) in [6.07, 6.45) is 0. The first kappa shape index (κ1) is 15.7. The minimum atomic E-state index is -0.449. The molecule has 2 aromatic rings. The lowest BCUT2D eigenvalue weighted by molar-refractivity contribution is -0.914. The SMILES string of the molecule is N#Cc1c(F)cccc1N1CC[NH+](Cc2ccc3c(c2)OCO3)CC1. The number of quaternary nitrogens is 1. The third-order valence-corrected chi connectivity index (χ3v) is 4.81. The van der Waals surface area contributed by atoms with Crippen LogP contribution >= 0.6 is 0 Å². The Morgan fingerprint density at radius 2 is 1.92 bits per heavy atom. The Labute approximate surface area is 145 Å². The number of piperazine rings is 1. The maximum atomic E-state index is 13.8. The second kappa shape index (κ2) is 6.61. The molecule has 0 unspecified atom stereocenters. The van der Waals surface area contributed by atoms with Gasteiger partial charge in [0.2, 0.25) is 6.79 Å². The standard InChI is InChI=1S/C19H18FN3O2/c20-16-2-1-3-17(15(16)11-21)23-8-6-22(7-9-23)12-14-4-5-18-19(10-14)25-13-24-18/h1-5,10H,6-9,12-13H2/p+1. The van der Waals surface area contributed by atoms with E-state index < -0.39 is 5.82 Å². The Hall–Kier alpha value is -2.78. The molecule has 2 heterocycles. The zero-order chi connectivity index (χ0) is 17.2. The van der Waals surface area contributed by atoms with Gasteiger partial charge < -0.3 is 19.3 Å². The number of nitriles is 1. The van der Waals surface area contributed by atoms with Crippen LogP contribution in [0.1, 0.15) is 11.1 Å². The van der Waals surface area contributed by atoms with E-state index in [-0.39, 0.29) is 5.56 Å². The zero-order valence-corrected chi connectivity index (χ0v) is 13.8. The van der Waals surface area contributed by atoms with E-state index in [1.165, 1.54) is 16.5 Å². The first-order valence-corrected chi connectivity index (χ1v) is 8.40. The smallest absolute Gasteiger partial charge is 0.231 e. The Balaban J connectivity index is 1.41. The van der Waals surface area contributed by atoms with Crippen molar-refractivity contribution in [2.45, 2.75) is 6.54 Å². The predicted molar refractivity (Wildman–Crippen MR) is 90.3 cm³/mol. The fraction of sp³-hybridized carbons (Fsp3) is 0.316. The molecule has 6 heteroatoms. The van der Waals surface area contributed by atoms with Crippen molar-refractivity contribution >= 4 is 5.69 Å². The maximum absolute atomic E-state index is 13.8. The average molecular weight is 340 g/mol. The largest absolute Gasteiger partial charge is 0.454 e. The number of nitrogens with one attached hydrogen (secondary N) is 1. The molecule has 0 amide bonds. The van der Waals surface area contributed by atoms with Gasteiger partial charge >= 0.3 is 0 Å². The lowest BCUT2D eigenvalue weighted by Gasteiger charge is -2.34. The fourth-order valence-electron chi connectivity index (χ4n) is 3.47. The summed E-state index contributed by atoms with van der Waals surface area (Å²) < 4.78 is 24.6. The molecule has 2 aliphatic rings. The molecule has 2 aliphatic heterocycles. The van der Waals surface area contributed by atoms with Gasteiger partial charge in [-0.3, -0.25) is 0 Å². The Bertz CT molecular complexity index is 826. The number of rotatable bonds is 3. The quantitative estimate of drug-likeness (QED) is 0.916. The molecular formula is C19H19FN3O2+. The van der Waals surface area contributed by atoms with Gasteiger partial charge in [-0.15, -0.1) is 0 Å². The van der Waals surface area contributed by atoms with E-state index in [0.717, 1.165) is 44.2 Å². The Morgan fingerprint density at radius 1 is 1.12 bits per heavy atom. The molecule has 1 N–H and O–H groups in total. The van der Waals surface area contributed by atoms with Crippen LogP contribution in [0.25, 0.3) is 0 Å². The van der Waals surface area contributed by atoms with Gasteiger partial charge in [-0.2, -0.15) is 5.26 Å². The molecule has 0 saturated carbocycles. The molecule has 0 spiro atoms. The van der Waals surface area contributed by atoms with Crippen molar-refractivity contribution in [3.63, 3.8) is 0 Å². The van der Waals surface area contributed by atoms with Crippen molar-refractivity contribution in [2.24, 2.45) is 0 Å². The van der Waals surface area contributed by atoms with Crippen LogP contribution in [0, 0.1) is 17.1 Å². The molecule has 128 valence electrons. The number of hydrogen-bond donors (Lipinski definition) is 1. The van der Waals surface area contributed by atoms with Crippen LogP contribution in [0.15, 0.2) is 36.4 Å². The summed E-state index contributed by atoms with van der Waals surface area (Å²) in [5.74, 6) is 1.17. The monoisotopic (exact) mass is 340 g/mol. The van der Waals surface area contributed by atoms with Gasteiger partial charge in [-0.05, 0) is 30.3 Å². The van der Waals surface area contributed by atoms with Crippen LogP contribution < -0.4 is 19.3 Å². The molecule has 1 saturated heterocycles. The molecule has 1 fully saturated rings. The van der Waals surface area contributed by atoms with Crippen LogP contribution in [-0.2, 0) is 6.54 Å². The van der Waals surface area contributed by atoms with Crippen LogP contribution in [0.3, 0.4) is 0 Å². The van der Waals surface area contributed by atoms with Gasteiger partial charge in [-0.25, -0.2) is 4.39 Å². The highest BCUT2D eigenvalue weighted by atomic mass is 19.1. The van der Waals surface area contributed by atoms with E-state index in [1.807, 2.05) is 24.3 Å². The molecule has 0 atom stereocenters. The van der Waals surface area contributed by atoms with Gasteiger partial charge in [0.1, 0.15) is 24.0 Å². The van der Waals surface area contributed by atoms with Crippen molar-refractivity contribution in [1.29, 1.82) is 5.26 Å². The van der Waals surface area contributed by atoms with E-state index in [9.17, 15) is 9.65 Å². The average Bonchev–Trinajstić information content (AvgIpc) is 3.10. The first-order valence-electron chi connectivity index (χ1n) is 8.40. The van der Waals surface area contributed by atoms with Crippen molar-refractivity contribution in [1.82, 2.24) is 0 Å². The normalized spacial score (nSPS) is 16.7. The third kappa shape index (κ3) is 3.11. The van der Waals surface area contributed by atoms with Gasteiger partial charge in [0.25, 0.3) is 0 Å². The molecule has 0 aliphatic carbocycles. The molecule has 5 nitrogen and oxygen atoms in total. The highest BCUT2D eigenvalue weighted by Crippen LogP contribution is 2.32. The van der Waals surface area contributed by atoms with Crippen molar-refractivity contribution in [2.75, 3.05) is 37.9 Å². The Kier molecular flexibility index (Phi) is 4.16. The molecule has 4 rings (SSSR count). The maximum Gasteiger partial charge on any atom is 0.231 e. The summed E-state index contributed by atoms with van der Waals surface area (Å²) in [5.41, 5.74) is 2.06. The van der Waals surface area contributed by atoms with E-state index in [0.29, 0.717) is 12.5 Å². The van der Waals surface area contributed by atoms with Gasteiger partial charge in [-0.1, -0.05) is 6.07 Å². The molecule has 0 bridgehead atoms. The van der Waals surface area contributed by atoms with E-state index in [2.05, 4.69) is 11.0 Å². The third-order valence-electron chi connectivity index (χ3n) is 4.81. The zero-order valence-electron chi connectivity index (χ0n) is 13.8. The summed E-state index contributed by atoms with van der Waals surface area (Å²) in [6.45, 7) is 4.69. The second-order valence-corrected chi connectivity index (χ2v) is 6.35. The Morgan fingerprint density at radius 3 is 2.72 bits per heavy atom. The number of fused-ring (bicyclic) bond motifs is 1. The van der Waals surface area contributed by atoms with Crippen molar-refractivity contribution in [3.05, 3.63) is 53.3 Å². The van der Waals surface area contributed by atoms with Crippen LogP contribution in [0.2, 0.25) is 0 Å². The molecule has 0 aromatic heterocycles. The number of ether oxygens (including phenoxy) is 2. The summed E-state index contributed by atoms with van der Waals surface area (Å²) >= 11 is 0. The number of anilines is 1. The van der Waals surface area contributed by atoms with E-state index in [4.69, 9.17) is 9.47 Å². The van der Waals surface area contributed by atoms with Crippen molar-refractivity contribution in [3.8, 4) is 17.6 Å². The fourth-order valence-corrected chi connectivity index (χ4v) is 3.47. The predicted octanol–water partition coefficient (Wildman–Crippen LogP) is 1.33. The first-order chi connectivity index (χ1) is 12.2. The summed E-state index contributed by atoms with van der Waals surface area (Å²) in [4.78, 5) is 3.56. The van der Waals surface area contributed by atoms with E-state index in [1.54, 1.807) is 6.07 Å². The van der Waals surface area contributed by atoms with Gasteiger partial charge in [0.15, 0.2) is 11.5 Å². The highest BCUT2D eigenvalue weighted by molar-refractivity contribution is 5.60. The minimum Gasteiger partial charge on any atom is -0.454 e. The molecule has 0 radical (unpaired) electrons. The second-order valence-electron chi connectivity index (χ2n) is 6.35. The summed E-state index contributed by atoms with van der Waals surface area (Å²) in [5, 5.41) is 9.21. The minimum absolute atomic E-state index is 0.140. The topological polar surface area (TPSA) is 49.9 Å². The lowest BCUT2D eigenvalue weighted by atomic mass is 10.1. The summed E-state index contributed by atoms with van der Waals surface area (Å²) in [6, 6.07) is 12.9. The number of hydrogen-bond acceptors (Lipinski definition) is 4. The van der Waals surface area contributed by atoms with Crippen LogP contribution in [0.5, 0.6) is 11.5 Å². The number of nitrogens with zero attached hydrogens (tertiary/aromatic N) is 2. The van der Waals surface area contributed by atoms with Crippen molar-refractivity contribution < 1.29 is 18.8 Å². The number of halogens is 1. The van der Waals surface area contributed by atoms with Crippen LogP contribution in [0.4, 0.5) is 10.1 Å². The van der Waals surface area contributed by atoms with Gasteiger partial charge in [0.05, 0.1) is 31.9 Å². The molecular weight excluding hydrogens is 321 g/mol.